The van der Waals surface area contributed by atoms with Crippen LogP contribution in [0.4, 0.5) is 5.69 Å². The van der Waals surface area contributed by atoms with Gasteiger partial charge >= 0.3 is 0 Å². The highest BCUT2D eigenvalue weighted by Gasteiger charge is 2.01. The first-order chi connectivity index (χ1) is 6.99. The van der Waals surface area contributed by atoms with Gasteiger partial charge in [0.1, 0.15) is 0 Å². The summed E-state index contributed by atoms with van der Waals surface area (Å²) in [6.45, 7) is 8.29. The molecule has 2 N–H and O–H groups in total. The number of thiocarbonyl (C=S) groups is 1. The van der Waals surface area contributed by atoms with Gasteiger partial charge in [-0.3, -0.25) is 0 Å². The van der Waals surface area contributed by atoms with E-state index >= 15 is 0 Å². The minimum Gasteiger partial charge on any atom is -0.360 e. The molecule has 0 aromatic heterocycles. The monoisotopic (exact) mass is 222 g/mol. The van der Waals surface area contributed by atoms with Crippen LogP contribution < -0.4 is 10.6 Å². The molecule has 1 aromatic carbocycles. The van der Waals surface area contributed by atoms with Crippen LogP contribution in [0.1, 0.15) is 25.0 Å². The van der Waals surface area contributed by atoms with E-state index in [1.165, 1.54) is 11.1 Å². The van der Waals surface area contributed by atoms with Gasteiger partial charge in [0, 0.05) is 11.7 Å². The van der Waals surface area contributed by atoms with Crippen molar-refractivity contribution in [2.75, 3.05) is 5.32 Å². The molecule has 0 heterocycles. The highest BCUT2D eigenvalue weighted by molar-refractivity contribution is 7.80. The molecule has 1 aromatic rings. The first-order valence-electron chi connectivity index (χ1n) is 5.14. The first kappa shape index (κ1) is 12.0. The van der Waals surface area contributed by atoms with Gasteiger partial charge in [0.2, 0.25) is 0 Å². The molecule has 0 aliphatic heterocycles. The predicted octanol–water partition coefficient (Wildman–Crippen LogP) is 3.00. The van der Waals surface area contributed by atoms with Crippen LogP contribution in [0.2, 0.25) is 0 Å². The fourth-order valence-corrected chi connectivity index (χ4v) is 1.72. The summed E-state index contributed by atoms with van der Waals surface area (Å²) in [7, 11) is 0. The van der Waals surface area contributed by atoms with Gasteiger partial charge in [-0.05, 0) is 51.5 Å². The fourth-order valence-electron chi connectivity index (χ4n) is 1.37. The summed E-state index contributed by atoms with van der Waals surface area (Å²) >= 11 is 5.18. The Morgan fingerprint density at radius 1 is 1.27 bits per heavy atom. The zero-order chi connectivity index (χ0) is 11.4. The van der Waals surface area contributed by atoms with Crippen LogP contribution in [0, 0.1) is 13.8 Å². The van der Waals surface area contributed by atoms with E-state index in [2.05, 4.69) is 56.5 Å². The third-order valence-electron chi connectivity index (χ3n) is 2.05. The van der Waals surface area contributed by atoms with Crippen molar-refractivity contribution in [1.29, 1.82) is 0 Å². The van der Waals surface area contributed by atoms with Gasteiger partial charge in [0.15, 0.2) is 5.11 Å². The number of benzene rings is 1. The molecule has 0 radical (unpaired) electrons. The summed E-state index contributed by atoms with van der Waals surface area (Å²) in [6, 6.07) is 6.63. The fraction of sp³-hybridized carbons (Fsp3) is 0.417. The molecule has 0 fully saturated rings. The molecule has 0 aliphatic carbocycles. The largest absolute Gasteiger partial charge is 0.360 e. The highest BCUT2D eigenvalue weighted by atomic mass is 32.1. The zero-order valence-electron chi connectivity index (χ0n) is 9.72. The number of hydrogen-bond donors (Lipinski definition) is 2. The third kappa shape index (κ3) is 3.88. The Morgan fingerprint density at radius 2 is 1.93 bits per heavy atom. The van der Waals surface area contributed by atoms with Gasteiger partial charge in [-0.25, -0.2) is 0 Å². The van der Waals surface area contributed by atoms with Gasteiger partial charge in [0.25, 0.3) is 0 Å². The van der Waals surface area contributed by atoms with E-state index in [1.54, 1.807) is 0 Å². The molecule has 0 aliphatic rings. The van der Waals surface area contributed by atoms with Crippen LogP contribution in [0.25, 0.3) is 0 Å². The number of rotatable bonds is 2. The minimum atomic E-state index is 0.357. The average Bonchev–Trinajstić information content (AvgIpc) is 2.08. The first-order valence-corrected chi connectivity index (χ1v) is 5.54. The van der Waals surface area contributed by atoms with E-state index in [4.69, 9.17) is 12.2 Å². The molecule has 15 heavy (non-hydrogen) atoms. The van der Waals surface area contributed by atoms with Gasteiger partial charge in [-0.15, -0.1) is 0 Å². The second-order valence-electron chi connectivity index (χ2n) is 4.07. The number of hydrogen-bond acceptors (Lipinski definition) is 1. The Bertz CT molecular complexity index is 359. The van der Waals surface area contributed by atoms with Crippen LogP contribution in [-0.4, -0.2) is 11.2 Å². The van der Waals surface area contributed by atoms with Gasteiger partial charge in [0.05, 0.1) is 0 Å². The molecule has 0 saturated heterocycles. The Kier molecular flexibility index (Phi) is 4.09. The summed E-state index contributed by atoms with van der Waals surface area (Å²) in [5, 5.41) is 7.02. The second-order valence-corrected chi connectivity index (χ2v) is 4.48. The number of aryl methyl sites for hydroxylation is 2. The van der Waals surface area contributed by atoms with Crippen LogP contribution >= 0.6 is 12.2 Å². The van der Waals surface area contributed by atoms with Crippen LogP contribution in [-0.2, 0) is 0 Å². The van der Waals surface area contributed by atoms with E-state index in [1.807, 2.05) is 0 Å². The molecule has 0 bridgehead atoms. The maximum absolute atomic E-state index is 5.18. The molecule has 0 saturated carbocycles. The summed E-state index contributed by atoms with van der Waals surface area (Å²) < 4.78 is 0. The van der Waals surface area contributed by atoms with Crippen molar-refractivity contribution in [2.24, 2.45) is 0 Å². The van der Waals surface area contributed by atoms with Crippen molar-refractivity contribution in [1.82, 2.24) is 5.32 Å². The smallest absolute Gasteiger partial charge is 0.170 e. The zero-order valence-corrected chi connectivity index (χ0v) is 10.5. The van der Waals surface area contributed by atoms with Crippen molar-refractivity contribution < 1.29 is 0 Å². The average molecular weight is 222 g/mol. The summed E-state index contributed by atoms with van der Waals surface area (Å²) in [5.74, 6) is 0. The summed E-state index contributed by atoms with van der Waals surface area (Å²) in [6.07, 6.45) is 0. The second kappa shape index (κ2) is 5.12. The quantitative estimate of drug-likeness (QED) is 0.752. The molecule has 0 unspecified atom stereocenters. The highest BCUT2D eigenvalue weighted by Crippen LogP contribution is 2.15. The van der Waals surface area contributed by atoms with Crippen molar-refractivity contribution in [3.8, 4) is 0 Å². The summed E-state index contributed by atoms with van der Waals surface area (Å²) in [4.78, 5) is 0. The van der Waals surface area contributed by atoms with E-state index in [-0.39, 0.29) is 0 Å². The molecule has 0 spiro atoms. The number of anilines is 1. The van der Waals surface area contributed by atoms with E-state index in [0.717, 1.165) is 5.69 Å². The normalized spacial score (nSPS) is 10.2. The molecular weight excluding hydrogens is 204 g/mol. The van der Waals surface area contributed by atoms with Crippen LogP contribution in [0.5, 0.6) is 0 Å². The van der Waals surface area contributed by atoms with Gasteiger partial charge < -0.3 is 10.6 Å². The topological polar surface area (TPSA) is 24.1 Å². The van der Waals surface area contributed by atoms with E-state index < -0.39 is 0 Å². The molecule has 3 heteroatoms. The Labute approximate surface area is 97.1 Å². The van der Waals surface area contributed by atoms with Gasteiger partial charge in [-0.2, -0.15) is 0 Å². The van der Waals surface area contributed by atoms with Crippen LogP contribution in [0.15, 0.2) is 18.2 Å². The maximum Gasteiger partial charge on any atom is 0.170 e. The maximum atomic E-state index is 5.18. The standard InChI is InChI=1S/C12H18N2S/c1-8(2)13-12(15)14-11-6-5-9(3)7-10(11)4/h5-8H,1-4H3,(H2,13,14,15). The Hall–Kier alpha value is -1.09. The van der Waals surface area contributed by atoms with Crippen molar-refractivity contribution >= 4 is 23.0 Å². The third-order valence-corrected chi connectivity index (χ3v) is 2.27. The Balaban J connectivity index is 2.68. The molecule has 2 nitrogen and oxygen atoms in total. The van der Waals surface area contributed by atoms with Crippen molar-refractivity contribution in [3.63, 3.8) is 0 Å². The lowest BCUT2D eigenvalue weighted by atomic mass is 10.1. The molecular formula is C12H18N2S. The minimum absolute atomic E-state index is 0.357. The predicted molar refractivity (Wildman–Crippen MR) is 70.4 cm³/mol. The Morgan fingerprint density at radius 3 is 2.47 bits per heavy atom. The lowest BCUT2D eigenvalue weighted by molar-refractivity contribution is 0.739. The van der Waals surface area contributed by atoms with Crippen molar-refractivity contribution in [2.45, 2.75) is 33.7 Å². The molecule has 82 valence electrons. The number of nitrogens with one attached hydrogen (secondary N) is 2. The lowest BCUT2D eigenvalue weighted by Crippen LogP contribution is -2.34. The van der Waals surface area contributed by atoms with Gasteiger partial charge in [-0.1, -0.05) is 17.7 Å². The molecule has 0 amide bonds. The summed E-state index contributed by atoms with van der Waals surface area (Å²) in [5.41, 5.74) is 3.54. The molecule has 1 rings (SSSR count). The van der Waals surface area contributed by atoms with E-state index in [9.17, 15) is 0 Å². The SMILES string of the molecule is Cc1ccc(NC(=S)NC(C)C)c(C)c1. The van der Waals surface area contributed by atoms with Crippen LogP contribution in [0.3, 0.4) is 0 Å². The molecule has 0 atom stereocenters. The van der Waals surface area contributed by atoms with E-state index in [0.29, 0.717) is 11.2 Å². The van der Waals surface area contributed by atoms with Crippen molar-refractivity contribution in [3.05, 3.63) is 29.3 Å². The lowest BCUT2D eigenvalue weighted by Gasteiger charge is -2.14.